The highest BCUT2D eigenvalue weighted by Gasteiger charge is 2.43. The number of Topliss-reactive ketones (excluding diaryl/α,β-unsaturated/α-hetero) is 1. The second-order valence-electron chi connectivity index (χ2n) is 13.3. The monoisotopic (exact) mass is 664 g/mol. The summed E-state index contributed by atoms with van der Waals surface area (Å²) >= 11 is 0. The molecule has 0 amide bonds. The summed E-state index contributed by atoms with van der Waals surface area (Å²) in [4.78, 5) is 42.4. The Morgan fingerprint density at radius 2 is 1.62 bits per heavy atom. The van der Waals surface area contributed by atoms with Gasteiger partial charge in [0.25, 0.3) is 10.1 Å². The molecular formula is C35H40N2O9S. The van der Waals surface area contributed by atoms with Gasteiger partial charge in [0.15, 0.2) is 0 Å². The second kappa shape index (κ2) is 13.0. The van der Waals surface area contributed by atoms with Gasteiger partial charge in [-0.2, -0.15) is 8.42 Å². The first-order valence-corrected chi connectivity index (χ1v) is 16.5. The van der Waals surface area contributed by atoms with Crippen LogP contribution in [0.15, 0.2) is 64.0 Å². The Balaban J connectivity index is 1.62. The Labute approximate surface area is 274 Å². The zero-order chi connectivity index (χ0) is 34.9. The first kappa shape index (κ1) is 35.4. The van der Waals surface area contributed by atoms with Crippen LogP contribution in [0.2, 0.25) is 0 Å². The number of aryl methyl sites for hydroxylation is 1. The third kappa shape index (κ3) is 7.77. The molecule has 0 bridgehead atoms. The smallest absolute Gasteiger partial charge is 0.322 e. The fourth-order valence-electron chi connectivity index (χ4n) is 4.32. The number of nitrogens with zero attached hydrogens (tertiary/aromatic N) is 2. The Kier molecular flexibility index (Phi) is 9.80. The third-order valence-electron chi connectivity index (χ3n) is 7.95. The zero-order valence-corrected chi connectivity index (χ0v) is 28.9. The number of hydrogen-bond donors (Lipinski definition) is 0. The van der Waals surface area contributed by atoms with E-state index in [9.17, 15) is 22.8 Å². The van der Waals surface area contributed by atoms with Crippen LogP contribution in [0, 0.1) is 17.8 Å². The van der Waals surface area contributed by atoms with E-state index in [1.807, 2.05) is 26.8 Å². The highest BCUT2D eigenvalue weighted by molar-refractivity contribution is 7.86. The van der Waals surface area contributed by atoms with Crippen molar-refractivity contribution < 1.29 is 41.0 Å². The summed E-state index contributed by atoms with van der Waals surface area (Å²) in [6, 6.07) is 14.7. The molecule has 0 aliphatic carbocycles. The van der Waals surface area contributed by atoms with Gasteiger partial charge in [-0.3, -0.25) is 18.6 Å². The van der Waals surface area contributed by atoms with Crippen molar-refractivity contribution in [3.8, 4) is 28.3 Å². The molecule has 2 aromatic heterocycles. The number of ether oxygens (including phenoxy) is 2. The molecule has 0 spiro atoms. The average molecular weight is 665 g/mol. The first-order chi connectivity index (χ1) is 21.8. The fourth-order valence-corrected chi connectivity index (χ4v) is 5.37. The minimum atomic E-state index is -4.43. The normalized spacial score (nSPS) is 13.6. The number of fused-ring (bicyclic) bond motifs is 1. The van der Waals surface area contributed by atoms with Crippen molar-refractivity contribution in [2.45, 2.75) is 79.2 Å². The van der Waals surface area contributed by atoms with E-state index < -0.39 is 44.9 Å². The Bertz CT molecular complexity index is 1960. The van der Waals surface area contributed by atoms with E-state index in [4.69, 9.17) is 23.2 Å². The number of ketones is 1. The molecule has 0 aliphatic heterocycles. The predicted molar refractivity (Wildman–Crippen MR) is 175 cm³/mol. The molecule has 2 aromatic carbocycles. The van der Waals surface area contributed by atoms with Crippen LogP contribution in [0.1, 0.15) is 67.6 Å². The summed E-state index contributed by atoms with van der Waals surface area (Å²) in [6.45, 7) is 14.0. The molecule has 2 heterocycles. The molecule has 1 unspecified atom stereocenters. The van der Waals surface area contributed by atoms with Gasteiger partial charge in [0.05, 0.1) is 33.7 Å². The van der Waals surface area contributed by atoms with E-state index in [2.05, 4.69) is 5.16 Å². The first-order valence-electron chi connectivity index (χ1n) is 15.1. The molecule has 1 atom stereocenters. The Morgan fingerprint density at radius 3 is 2.26 bits per heavy atom. The molecule has 47 heavy (non-hydrogen) atoms. The van der Waals surface area contributed by atoms with E-state index in [-0.39, 0.29) is 10.9 Å². The Morgan fingerprint density at radius 1 is 0.915 bits per heavy atom. The molecule has 0 radical (unpaired) electrons. The van der Waals surface area contributed by atoms with Crippen molar-refractivity contribution in [1.82, 2.24) is 10.1 Å². The maximum atomic E-state index is 13.3. The number of pyridine rings is 1. The Hall–Kier alpha value is -4.42. The van der Waals surface area contributed by atoms with Crippen molar-refractivity contribution in [2.24, 2.45) is 10.8 Å². The van der Waals surface area contributed by atoms with Crippen LogP contribution in [0.4, 0.5) is 0 Å². The van der Waals surface area contributed by atoms with Gasteiger partial charge in [-0.15, -0.1) is 0 Å². The quantitative estimate of drug-likeness (QED) is 0.0716. The minimum absolute atomic E-state index is 0.212. The van der Waals surface area contributed by atoms with Crippen LogP contribution in [-0.4, -0.2) is 48.5 Å². The lowest BCUT2D eigenvalue weighted by Crippen LogP contribution is -2.44. The van der Waals surface area contributed by atoms with E-state index in [1.54, 1.807) is 58.0 Å². The third-order valence-corrected chi connectivity index (χ3v) is 9.21. The standard InChI is InChI=1S/C35H40N2O9S/c1-10-34(7,8)31(39)44-25-15-17-27-23(18-25)14-16-28(36-27)29-21(2)46-37-30(29)24-12-11-13-26(19-24)47(41,42)43-20-35(9,22(3)38)32(40)45-33(4,5)6/h11-19H,10,20H2,1-9H3. The summed E-state index contributed by atoms with van der Waals surface area (Å²) in [5.41, 5.74) is -0.878. The second-order valence-corrected chi connectivity index (χ2v) is 14.9. The number of hydrogen-bond acceptors (Lipinski definition) is 11. The molecule has 12 heteroatoms. The van der Waals surface area contributed by atoms with Gasteiger partial charge >= 0.3 is 11.9 Å². The molecule has 250 valence electrons. The fraction of sp³-hybridized carbons (Fsp3) is 0.400. The highest BCUT2D eigenvalue weighted by Crippen LogP contribution is 2.36. The SMILES string of the molecule is CCC(C)(C)C(=O)Oc1ccc2nc(-c3c(-c4cccc(S(=O)(=O)OCC(C)(C(C)=O)C(=O)OC(C)(C)C)c4)noc3C)ccc2c1. The van der Waals surface area contributed by atoms with Crippen molar-refractivity contribution >= 4 is 38.7 Å². The molecule has 4 rings (SSSR count). The molecule has 0 saturated carbocycles. The topological polar surface area (TPSA) is 152 Å². The molecule has 0 fully saturated rings. The van der Waals surface area contributed by atoms with Crippen LogP contribution >= 0.6 is 0 Å². The van der Waals surface area contributed by atoms with E-state index in [0.717, 1.165) is 5.39 Å². The summed E-state index contributed by atoms with van der Waals surface area (Å²) in [5.74, 6) is -0.934. The largest absolute Gasteiger partial charge is 0.459 e. The van der Waals surface area contributed by atoms with Gasteiger partial charge < -0.3 is 14.0 Å². The maximum absolute atomic E-state index is 13.3. The van der Waals surface area contributed by atoms with Gasteiger partial charge in [-0.05, 0) is 98.2 Å². The van der Waals surface area contributed by atoms with Crippen LogP contribution in [0.3, 0.4) is 0 Å². The van der Waals surface area contributed by atoms with Crippen LogP contribution < -0.4 is 4.74 Å². The lowest BCUT2D eigenvalue weighted by atomic mass is 9.87. The molecule has 11 nitrogen and oxygen atoms in total. The van der Waals surface area contributed by atoms with Gasteiger partial charge in [-0.25, -0.2) is 4.98 Å². The maximum Gasteiger partial charge on any atom is 0.322 e. The summed E-state index contributed by atoms with van der Waals surface area (Å²) in [7, 11) is -4.43. The molecule has 0 N–H and O–H groups in total. The minimum Gasteiger partial charge on any atom is -0.459 e. The van der Waals surface area contributed by atoms with Gasteiger partial charge in [0.2, 0.25) is 0 Å². The lowest BCUT2D eigenvalue weighted by Gasteiger charge is -2.29. The van der Waals surface area contributed by atoms with Crippen molar-refractivity contribution in [3.05, 3.63) is 60.4 Å². The molecular weight excluding hydrogens is 624 g/mol. The van der Waals surface area contributed by atoms with E-state index in [0.29, 0.717) is 46.0 Å². The van der Waals surface area contributed by atoms with Gasteiger partial charge in [0.1, 0.15) is 34.0 Å². The summed E-state index contributed by atoms with van der Waals surface area (Å²) < 4.78 is 48.3. The van der Waals surface area contributed by atoms with Gasteiger partial charge in [-0.1, -0.05) is 30.3 Å². The number of carbonyl (C=O) groups is 3. The molecule has 4 aromatic rings. The van der Waals surface area contributed by atoms with E-state index in [1.165, 1.54) is 32.0 Å². The summed E-state index contributed by atoms with van der Waals surface area (Å²) in [5, 5.41) is 4.94. The highest BCUT2D eigenvalue weighted by atomic mass is 32.2. The zero-order valence-electron chi connectivity index (χ0n) is 28.1. The van der Waals surface area contributed by atoms with Crippen LogP contribution in [0.5, 0.6) is 5.75 Å². The molecule has 0 saturated heterocycles. The number of esters is 2. The number of benzene rings is 2. The average Bonchev–Trinajstić information content (AvgIpc) is 3.39. The lowest BCUT2D eigenvalue weighted by molar-refractivity contribution is -0.170. The van der Waals surface area contributed by atoms with Crippen LogP contribution in [-0.2, 0) is 33.4 Å². The van der Waals surface area contributed by atoms with Crippen molar-refractivity contribution in [3.63, 3.8) is 0 Å². The van der Waals surface area contributed by atoms with Crippen molar-refractivity contribution in [2.75, 3.05) is 6.61 Å². The number of aromatic nitrogens is 2. The molecule has 0 aliphatic rings. The predicted octanol–water partition coefficient (Wildman–Crippen LogP) is 6.85. The van der Waals surface area contributed by atoms with Crippen molar-refractivity contribution in [1.29, 1.82) is 0 Å². The van der Waals surface area contributed by atoms with Crippen LogP contribution in [0.25, 0.3) is 33.4 Å². The number of carbonyl (C=O) groups excluding carboxylic acids is 3. The summed E-state index contributed by atoms with van der Waals surface area (Å²) in [6.07, 6.45) is 0.639. The number of rotatable bonds is 11. The van der Waals surface area contributed by atoms with E-state index >= 15 is 0 Å². The van der Waals surface area contributed by atoms with Gasteiger partial charge in [0, 0.05) is 10.9 Å².